The van der Waals surface area contributed by atoms with Gasteiger partial charge >= 0.3 is 0 Å². The van der Waals surface area contributed by atoms with Crippen LogP contribution < -0.4 is 10.9 Å². The van der Waals surface area contributed by atoms with Crippen molar-refractivity contribution in [3.63, 3.8) is 0 Å². The summed E-state index contributed by atoms with van der Waals surface area (Å²) < 4.78 is 31.6. The fourth-order valence-corrected chi connectivity index (χ4v) is 2.93. The van der Waals surface area contributed by atoms with Gasteiger partial charge in [0.1, 0.15) is 17.4 Å². The monoisotopic (exact) mass is 294 g/mol. The lowest BCUT2D eigenvalue weighted by Crippen LogP contribution is -2.38. The Balaban J connectivity index is 1.70. The van der Waals surface area contributed by atoms with Crippen LogP contribution >= 0.6 is 0 Å². The Morgan fingerprint density at radius 2 is 1.95 bits per heavy atom. The van der Waals surface area contributed by atoms with Crippen molar-refractivity contribution in [2.24, 2.45) is 0 Å². The fraction of sp³-hybridized carbons (Fsp3) is 0.400. The molecule has 2 heterocycles. The Kier molecular flexibility index (Phi) is 3.88. The third-order valence-corrected chi connectivity index (χ3v) is 3.84. The maximum atomic E-state index is 13.2. The molecule has 0 unspecified atom stereocenters. The maximum Gasteiger partial charge on any atom is 0.280 e. The molecule has 1 aromatic carbocycles. The standard InChI is InChI=1S/C15H16F2N2O2/c16-11-3-9(4-12(17)7-11)5-13-6-10(1-2-18-13)14-8-15(20)19-21-14/h3-4,7-8,10,13,18H,1-2,5-6H2,(H,19,20)/t10-,13+/m0/s1. The van der Waals surface area contributed by atoms with Gasteiger partial charge in [0.05, 0.1) is 0 Å². The summed E-state index contributed by atoms with van der Waals surface area (Å²) in [5.74, 6) is -0.325. The maximum absolute atomic E-state index is 13.2. The molecule has 0 amide bonds. The van der Waals surface area contributed by atoms with E-state index in [-0.39, 0.29) is 17.5 Å². The Morgan fingerprint density at radius 3 is 2.62 bits per heavy atom. The van der Waals surface area contributed by atoms with Crippen molar-refractivity contribution in [3.05, 3.63) is 57.6 Å². The van der Waals surface area contributed by atoms with Gasteiger partial charge in [0.15, 0.2) is 0 Å². The first kappa shape index (κ1) is 14.0. The van der Waals surface area contributed by atoms with Crippen LogP contribution in [0.4, 0.5) is 8.78 Å². The number of benzene rings is 1. The van der Waals surface area contributed by atoms with Gasteiger partial charge < -0.3 is 9.84 Å². The van der Waals surface area contributed by atoms with E-state index in [9.17, 15) is 13.6 Å². The molecular formula is C15H16F2N2O2. The molecule has 1 aromatic heterocycles. The molecule has 1 saturated heterocycles. The van der Waals surface area contributed by atoms with Gasteiger partial charge in [0.2, 0.25) is 0 Å². The summed E-state index contributed by atoms with van der Waals surface area (Å²) in [5, 5.41) is 5.63. The van der Waals surface area contributed by atoms with Crippen molar-refractivity contribution < 1.29 is 13.3 Å². The number of H-pyrrole nitrogens is 1. The lowest BCUT2D eigenvalue weighted by atomic mass is 9.87. The van der Waals surface area contributed by atoms with E-state index in [1.54, 1.807) is 0 Å². The average molecular weight is 294 g/mol. The highest BCUT2D eigenvalue weighted by Gasteiger charge is 2.25. The van der Waals surface area contributed by atoms with E-state index in [2.05, 4.69) is 10.5 Å². The largest absolute Gasteiger partial charge is 0.383 e. The normalized spacial score (nSPS) is 22.4. The van der Waals surface area contributed by atoms with E-state index in [4.69, 9.17) is 4.52 Å². The second kappa shape index (κ2) is 5.81. The molecule has 1 aliphatic rings. The molecule has 0 radical (unpaired) electrons. The summed E-state index contributed by atoms with van der Waals surface area (Å²) in [6.45, 7) is 0.780. The molecule has 21 heavy (non-hydrogen) atoms. The lowest BCUT2D eigenvalue weighted by molar-refractivity contribution is 0.292. The molecule has 6 heteroatoms. The van der Waals surface area contributed by atoms with Crippen LogP contribution in [0, 0.1) is 11.6 Å². The zero-order chi connectivity index (χ0) is 14.8. The van der Waals surface area contributed by atoms with Gasteiger partial charge in [-0.1, -0.05) is 0 Å². The number of rotatable bonds is 3. The molecule has 112 valence electrons. The predicted octanol–water partition coefficient (Wildman–Crippen LogP) is 2.32. The third kappa shape index (κ3) is 3.39. The predicted molar refractivity (Wildman–Crippen MR) is 73.2 cm³/mol. The molecule has 0 saturated carbocycles. The van der Waals surface area contributed by atoms with Crippen LogP contribution in [0.3, 0.4) is 0 Å². The smallest absolute Gasteiger partial charge is 0.280 e. The highest BCUT2D eigenvalue weighted by Crippen LogP contribution is 2.28. The van der Waals surface area contributed by atoms with Crippen molar-refractivity contribution in [3.8, 4) is 0 Å². The fourth-order valence-electron chi connectivity index (χ4n) is 2.93. The Hall–Kier alpha value is -1.95. The first-order valence-corrected chi connectivity index (χ1v) is 6.97. The van der Waals surface area contributed by atoms with Crippen LogP contribution in [-0.2, 0) is 6.42 Å². The Bertz CT molecular complexity index is 660. The van der Waals surface area contributed by atoms with E-state index < -0.39 is 11.6 Å². The second-order valence-corrected chi connectivity index (χ2v) is 5.47. The van der Waals surface area contributed by atoms with Crippen LogP contribution in [0.2, 0.25) is 0 Å². The van der Waals surface area contributed by atoms with Crippen LogP contribution in [0.5, 0.6) is 0 Å². The number of nitrogens with one attached hydrogen (secondary N) is 2. The molecule has 2 aromatic rings. The van der Waals surface area contributed by atoms with E-state index in [0.717, 1.165) is 25.5 Å². The minimum absolute atomic E-state index is 0.102. The zero-order valence-electron chi connectivity index (χ0n) is 11.4. The van der Waals surface area contributed by atoms with Gasteiger partial charge in [-0.3, -0.25) is 4.79 Å². The second-order valence-electron chi connectivity index (χ2n) is 5.47. The zero-order valence-corrected chi connectivity index (χ0v) is 11.4. The minimum atomic E-state index is -0.561. The third-order valence-electron chi connectivity index (χ3n) is 3.84. The molecule has 2 N–H and O–H groups in total. The van der Waals surface area contributed by atoms with Crippen molar-refractivity contribution in [1.82, 2.24) is 10.5 Å². The van der Waals surface area contributed by atoms with Crippen LogP contribution in [-0.4, -0.2) is 17.7 Å². The summed E-state index contributed by atoms with van der Waals surface area (Å²) in [4.78, 5) is 11.1. The first-order valence-electron chi connectivity index (χ1n) is 6.97. The van der Waals surface area contributed by atoms with Gasteiger partial charge in [0, 0.05) is 24.1 Å². The molecule has 3 rings (SSSR count). The van der Waals surface area contributed by atoms with Gasteiger partial charge in [-0.2, -0.15) is 5.16 Å². The molecule has 1 aliphatic heterocycles. The number of piperidine rings is 1. The number of halogens is 2. The summed E-state index contributed by atoms with van der Waals surface area (Å²) in [6.07, 6.45) is 2.17. The molecule has 0 spiro atoms. The number of aromatic amines is 1. The quantitative estimate of drug-likeness (QED) is 0.913. The number of hydrogen-bond donors (Lipinski definition) is 2. The van der Waals surface area contributed by atoms with Crippen molar-refractivity contribution in [1.29, 1.82) is 0 Å². The minimum Gasteiger partial charge on any atom is -0.383 e. The van der Waals surface area contributed by atoms with Crippen LogP contribution in [0.15, 0.2) is 33.6 Å². The van der Waals surface area contributed by atoms with Crippen LogP contribution in [0.1, 0.15) is 30.1 Å². The van der Waals surface area contributed by atoms with E-state index in [1.807, 2.05) is 0 Å². The van der Waals surface area contributed by atoms with E-state index in [0.29, 0.717) is 17.7 Å². The molecular weight excluding hydrogens is 278 g/mol. The Labute approximate surface area is 120 Å². The van der Waals surface area contributed by atoms with Crippen molar-refractivity contribution in [2.75, 3.05) is 6.54 Å². The lowest BCUT2D eigenvalue weighted by Gasteiger charge is -2.29. The van der Waals surface area contributed by atoms with Gasteiger partial charge in [-0.15, -0.1) is 0 Å². The average Bonchev–Trinajstić information content (AvgIpc) is 2.84. The molecule has 0 aliphatic carbocycles. The number of hydrogen-bond acceptors (Lipinski definition) is 3. The van der Waals surface area contributed by atoms with Gasteiger partial charge in [0.25, 0.3) is 5.56 Å². The van der Waals surface area contributed by atoms with Gasteiger partial charge in [-0.25, -0.2) is 8.78 Å². The summed E-state index contributed by atoms with van der Waals surface area (Å²) in [7, 11) is 0. The van der Waals surface area contributed by atoms with Crippen molar-refractivity contribution >= 4 is 0 Å². The van der Waals surface area contributed by atoms with Gasteiger partial charge in [-0.05, 0) is 43.5 Å². The molecule has 0 bridgehead atoms. The summed E-state index contributed by atoms with van der Waals surface area (Å²) in [5.41, 5.74) is 0.383. The number of aromatic nitrogens is 1. The topological polar surface area (TPSA) is 58.0 Å². The summed E-state index contributed by atoms with van der Waals surface area (Å²) in [6, 6.07) is 5.14. The molecule has 1 fully saturated rings. The molecule has 4 nitrogen and oxygen atoms in total. The SMILES string of the molecule is O=c1cc([C@H]2CCN[C@H](Cc3cc(F)cc(F)c3)C2)o[nH]1. The van der Waals surface area contributed by atoms with E-state index in [1.165, 1.54) is 18.2 Å². The first-order chi connectivity index (χ1) is 10.1. The highest BCUT2D eigenvalue weighted by molar-refractivity contribution is 5.19. The molecule has 2 atom stereocenters. The summed E-state index contributed by atoms with van der Waals surface area (Å²) >= 11 is 0. The Morgan fingerprint density at radius 1 is 1.19 bits per heavy atom. The van der Waals surface area contributed by atoms with E-state index >= 15 is 0 Å². The van der Waals surface area contributed by atoms with Crippen LogP contribution in [0.25, 0.3) is 0 Å². The highest BCUT2D eigenvalue weighted by atomic mass is 19.1. The van der Waals surface area contributed by atoms with Crippen molar-refractivity contribution in [2.45, 2.75) is 31.2 Å².